The van der Waals surface area contributed by atoms with E-state index in [0.29, 0.717) is 18.1 Å². The number of halogens is 1. The fourth-order valence-corrected chi connectivity index (χ4v) is 2.85. The minimum Gasteiger partial charge on any atom is -0.354 e. The summed E-state index contributed by atoms with van der Waals surface area (Å²) in [5.74, 6) is 0.459. The molecule has 2 aromatic rings. The second kappa shape index (κ2) is 8.12. The quantitative estimate of drug-likeness (QED) is 0.827. The van der Waals surface area contributed by atoms with Crippen molar-refractivity contribution in [2.75, 3.05) is 19.6 Å². The summed E-state index contributed by atoms with van der Waals surface area (Å²) in [5, 5.41) is 10.4. The molecule has 23 heavy (non-hydrogen) atoms. The van der Waals surface area contributed by atoms with Crippen LogP contribution in [0.15, 0.2) is 29.2 Å². The zero-order chi connectivity index (χ0) is 15.4. The second-order valence-electron chi connectivity index (χ2n) is 5.72. The Morgan fingerprint density at radius 3 is 3.04 bits per heavy atom. The zero-order valence-corrected chi connectivity index (χ0v) is 13.7. The number of nitrogens with zero attached hydrogens (tertiary/aromatic N) is 3. The van der Waals surface area contributed by atoms with E-state index >= 15 is 0 Å². The van der Waals surface area contributed by atoms with Crippen molar-refractivity contribution in [1.29, 1.82) is 0 Å². The van der Waals surface area contributed by atoms with E-state index in [-0.39, 0.29) is 30.5 Å². The number of carbonyl (C=O) groups excluding carboxylic acids is 1. The summed E-state index contributed by atoms with van der Waals surface area (Å²) in [6.07, 6.45) is 5.04. The molecule has 0 aliphatic carbocycles. The van der Waals surface area contributed by atoms with Crippen LogP contribution in [0.4, 0.5) is 0 Å². The van der Waals surface area contributed by atoms with Gasteiger partial charge in [-0.15, -0.1) is 17.5 Å². The Morgan fingerprint density at radius 1 is 1.43 bits per heavy atom. The molecule has 1 amide bonds. The van der Waals surface area contributed by atoms with Crippen LogP contribution in [-0.2, 0) is 11.3 Å². The van der Waals surface area contributed by atoms with Gasteiger partial charge in [0.2, 0.25) is 5.91 Å². The van der Waals surface area contributed by atoms with Crippen molar-refractivity contribution in [3.05, 3.63) is 34.9 Å². The molecule has 1 unspecified atom stereocenters. The van der Waals surface area contributed by atoms with Crippen molar-refractivity contribution < 1.29 is 4.79 Å². The maximum Gasteiger partial charge on any atom is 0.350 e. The van der Waals surface area contributed by atoms with Gasteiger partial charge in [-0.3, -0.25) is 9.20 Å². The lowest BCUT2D eigenvalue weighted by atomic mass is 9.96. The molecule has 126 valence electrons. The highest BCUT2D eigenvalue weighted by Gasteiger charge is 2.14. The van der Waals surface area contributed by atoms with Gasteiger partial charge in [0, 0.05) is 12.7 Å². The first-order chi connectivity index (χ1) is 10.7. The maximum atomic E-state index is 12.1. The Morgan fingerprint density at radius 2 is 2.30 bits per heavy atom. The Balaban J connectivity index is 0.00000192. The molecule has 7 nitrogen and oxygen atoms in total. The minimum absolute atomic E-state index is 0. The number of nitrogens with one attached hydrogen (secondary N) is 2. The third kappa shape index (κ3) is 4.33. The lowest BCUT2D eigenvalue weighted by Crippen LogP contribution is -2.35. The van der Waals surface area contributed by atoms with Gasteiger partial charge in [0.15, 0.2) is 5.65 Å². The van der Waals surface area contributed by atoms with Crippen molar-refractivity contribution >= 4 is 24.0 Å². The number of fused-ring (bicyclic) bond motifs is 1. The van der Waals surface area contributed by atoms with Gasteiger partial charge in [0.05, 0.1) is 0 Å². The lowest BCUT2D eigenvalue weighted by molar-refractivity contribution is -0.121. The number of aromatic nitrogens is 3. The first-order valence-corrected chi connectivity index (χ1v) is 7.75. The average Bonchev–Trinajstić information content (AvgIpc) is 2.85. The molecule has 0 radical (unpaired) electrons. The summed E-state index contributed by atoms with van der Waals surface area (Å²) in [5.41, 5.74) is 0.260. The van der Waals surface area contributed by atoms with Crippen molar-refractivity contribution in [3.63, 3.8) is 0 Å². The predicted octanol–water partition coefficient (Wildman–Crippen LogP) is 0.424. The summed E-state index contributed by atoms with van der Waals surface area (Å²) in [4.78, 5) is 24.0. The fourth-order valence-electron chi connectivity index (χ4n) is 2.85. The highest BCUT2D eigenvalue weighted by molar-refractivity contribution is 5.85. The largest absolute Gasteiger partial charge is 0.354 e. The molecule has 0 bridgehead atoms. The Bertz CT molecular complexity index is 705. The van der Waals surface area contributed by atoms with Crippen LogP contribution in [0.2, 0.25) is 0 Å². The smallest absolute Gasteiger partial charge is 0.350 e. The van der Waals surface area contributed by atoms with Crippen LogP contribution in [0.5, 0.6) is 0 Å². The number of pyridine rings is 1. The van der Waals surface area contributed by atoms with Crippen LogP contribution in [0, 0.1) is 5.92 Å². The molecule has 1 fully saturated rings. The van der Waals surface area contributed by atoms with E-state index in [2.05, 4.69) is 15.7 Å². The summed E-state index contributed by atoms with van der Waals surface area (Å²) in [6.45, 7) is 2.73. The van der Waals surface area contributed by atoms with Gasteiger partial charge in [-0.05, 0) is 50.4 Å². The van der Waals surface area contributed by atoms with Gasteiger partial charge in [-0.1, -0.05) is 6.07 Å². The third-order valence-electron chi connectivity index (χ3n) is 4.06. The number of hydrogen-bond donors (Lipinski definition) is 2. The average molecular weight is 340 g/mol. The number of hydrogen-bond acceptors (Lipinski definition) is 4. The Labute approximate surface area is 140 Å². The van der Waals surface area contributed by atoms with Crippen LogP contribution in [0.25, 0.3) is 5.65 Å². The SMILES string of the molecule is Cl.O=C(Cn1nc2ccccn2c1=O)NCCC1CCCNC1. The normalized spacial score (nSPS) is 17.7. The van der Waals surface area contributed by atoms with Crippen molar-refractivity contribution in [2.24, 2.45) is 5.92 Å². The first-order valence-electron chi connectivity index (χ1n) is 7.75. The molecule has 2 N–H and O–H groups in total. The molecule has 3 rings (SSSR count). The second-order valence-corrected chi connectivity index (χ2v) is 5.72. The molecule has 1 aliphatic rings. The van der Waals surface area contributed by atoms with Gasteiger partial charge >= 0.3 is 5.69 Å². The monoisotopic (exact) mass is 339 g/mol. The fraction of sp³-hybridized carbons (Fsp3) is 0.533. The molecule has 0 aromatic carbocycles. The van der Waals surface area contributed by atoms with E-state index < -0.39 is 0 Å². The topological polar surface area (TPSA) is 80.4 Å². The van der Waals surface area contributed by atoms with Crippen LogP contribution < -0.4 is 16.3 Å². The van der Waals surface area contributed by atoms with E-state index in [4.69, 9.17) is 0 Å². The molecule has 2 aromatic heterocycles. The molecule has 1 saturated heterocycles. The maximum absolute atomic E-state index is 12.1. The van der Waals surface area contributed by atoms with Crippen LogP contribution in [-0.4, -0.2) is 39.7 Å². The lowest BCUT2D eigenvalue weighted by Gasteiger charge is -2.22. The van der Waals surface area contributed by atoms with Crippen LogP contribution in [0.1, 0.15) is 19.3 Å². The Hall–Kier alpha value is -1.86. The predicted molar refractivity (Wildman–Crippen MR) is 89.9 cm³/mol. The van der Waals surface area contributed by atoms with Crippen LogP contribution >= 0.6 is 12.4 Å². The summed E-state index contributed by atoms with van der Waals surface area (Å²) >= 11 is 0. The Kier molecular flexibility index (Phi) is 6.18. The van der Waals surface area contributed by atoms with Gasteiger partial charge in [-0.2, -0.15) is 0 Å². The molecular formula is C15H22ClN5O2. The van der Waals surface area contributed by atoms with E-state index in [0.717, 1.165) is 19.5 Å². The van der Waals surface area contributed by atoms with Crippen molar-refractivity contribution in [2.45, 2.75) is 25.8 Å². The molecule has 0 saturated carbocycles. The number of rotatable bonds is 5. The summed E-state index contributed by atoms with van der Waals surface area (Å²) in [7, 11) is 0. The molecule has 0 spiro atoms. The van der Waals surface area contributed by atoms with E-state index in [1.165, 1.54) is 21.9 Å². The van der Waals surface area contributed by atoms with Gasteiger partial charge in [0.25, 0.3) is 0 Å². The highest BCUT2D eigenvalue weighted by atomic mass is 35.5. The molecule has 8 heteroatoms. The van der Waals surface area contributed by atoms with E-state index in [1.54, 1.807) is 18.3 Å². The third-order valence-corrected chi connectivity index (χ3v) is 4.06. The minimum atomic E-state index is -0.290. The number of piperidine rings is 1. The number of amides is 1. The molecule has 1 aliphatic heterocycles. The van der Waals surface area contributed by atoms with E-state index in [9.17, 15) is 9.59 Å². The van der Waals surface area contributed by atoms with Gasteiger partial charge in [-0.25, -0.2) is 9.48 Å². The van der Waals surface area contributed by atoms with Gasteiger partial charge < -0.3 is 10.6 Å². The molecular weight excluding hydrogens is 318 g/mol. The van der Waals surface area contributed by atoms with E-state index in [1.807, 2.05) is 6.07 Å². The number of carbonyl (C=O) groups is 1. The molecule has 1 atom stereocenters. The standard InChI is InChI=1S/C15H21N5O2.ClH/c21-14(17-8-6-12-4-3-7-16-10-12)11-20-15(22)19-9-2-1-5-13(19)18-20;/h1-2,5,9,12,16H,3-4,6-8,10-11H2,(H,17,21);1H. The highest BCUT2D eigenvalue weighted by Crippen LogP contribution is 2.12. The van der Waals surface area contributed by atoms with Crippen molar-refractivity contribution in [1.82, 2.24) is 24.8 Å². The first kappa shape index (κ1) is 17.5. The van der Waals surface area contributed by atoms with Gasteiger partial charge in [0.1, 0.15) is 6.54 Å². The molecule has 3 heterocycles. The summed E-state index contributed by atoms with van der Waals surface area (Å²) in [6, 6.07) is 5.31. The van der Waals surface area contributed by atoms with Crippen molar-refractivity contribution in [3.8, 4) is 0 Å². The zero-order valence-electron chi connectivity index (χ0n) is 12.9. The van der Waals surface area contributed by atoms with Crippen LogP contribution in [0.3, 0.4) is 0 Å². The summed E-state index contributed by atoms with van der Waals surface area (Å²) < 4.78 is 2.63.